The first-order chi connectivity index (χ1) is 8.79. The zero-order valence-electron chi connectivity index (χ0n) is 11.1. The number of benzene rings is 1. The summed E-state index contributed by atoms with van der Waals surface area (Å²) in [5, 5.41) is 5.93. The molecule has 1 aliphatic rings. The number of nitrogens with one attached hydrogen (secondary N) is 2. The van der Waals surface area contributed by atoms with Crippen LogP contribution in [0.1, 0.15) is 29.5 Å². The summed E-state index contributed by atoms with van der Waals surface area (Å²) < 4.78 is 0. The van der Waals surface area contributed by atoms with Crippen LogP contribution in [-0.2, 0) is 24.1 Å². The molecule has 2 rings (SSSR count). The van der Waals surface area contributed by atoms with Crippen LogP contribution in [0.4, 0.5) is 0 Å². The van der Waals surface area contributed by atoms with Crippen molar-refractivity contribution in [2.24, 2.45) is 0 Å². The van der Waals surface area contributed by atoms with E-state index in [2.05, 4.69) is 28.8 Å². The van der Waals surface area contributed by atoms with Gasteiger partial charge in [0.05, 0.1) is 0 Å². The lowest BCUT2D eigenvalue weighted by Gasteiger charge is -2.07. The van der Waals surface area contributed by atoms with Gasteiger partial charge in [-0.1, -0.05) is 18.2 Å². The molecule has 1 aromatic rings. The van der Waals surface area contributed by atoms with Gasteiger partial charge in [0.1, 0.15) is 0 Å². The Kier molecular flexibility index (Phi) is 4.76. The molecule has 0 atom stereocenters. The summed E-state index contributed by atoms with van der Waals surface area (Å²) in [6, 6.07) is 6.76. The van der Waals surface area contributed by atoms with Crippen LogP contribution >= 0.6 is 0 Å². The van der Waals surface area contributed by atoms with Gasteiger partial charge in [0.2, 0.25) is 5.91 Å². The average molecular weight is 246 g/mol. The van der Waals surface area contributed by atoms with E-state index in [1.807, 2.05) is 7.05 Å². The summed E-state index contributed by atoms with van der Waals surface area (Å²) in [5.74, 6) is 0.130. The summed E-state index contributed by atoms with van der Waals surface area (Å²) in [6.45, 7) is 1.48. The molecule has 0 unspecified atom stereocenters. The molecule has 3 nitrogen and oxygen atoms in total. The molecule has 0 heterocycles. The SMILES string of the molecule is CNCCC(=O)NCCc1ccc2c(c1)CCC2. The topological polar surface area (TPSA) is 41.1 Å². The number of aryl methyl sites for hydroxylation is 2. The summed E-state index contributed by atoms with van der Waals surface area (Å²) in [4.78, 5) is 11.4. The standard InChI is InChI=1S/C15H22N2O/c1-16-9-8-15(18)17-10-7-12-5-6-13-3-2-4-14(13)11-12/h5-6,11,16H,2-4,7-10H2,1H3,(H,17,18). The molecule has 1 aromatic carbocycles. The van der Waals surface area contributed by atoms with Gasteiger partial charge < -0.3 is 10.6 Å². The predicted octanol–water partition coefficient (Wildman–Crippen LogP) is 1.44. The molecule has 0 fully saturated rings. The highest BCUT2D eigenvalue weighted by Gasteiger charge is 2.10. The van der Waals surface area contributed by atoms with Crippen LogP contribution in [0, 0.1) is 0 Å². The van der Waals surface area contributed by atoms with E-state index in [1.165, 1.54) is 36.0 Å². The average Bonchev–Trinajstić information content (AvgIpc) is 2.83. The maximum atomic E-state index is 11.4. The third-order valence-electron chi connectivity index (χ3n) is 3.50. The molecule has 0 saturated heterocycles. The number of hydrogen-bond acceptors (Lipinski definition) is 2. The largest absolute Gasteiger partial charge is 0.356 e. The van der Waals surface area contributed by atoms with Crippen molar-refractivity contribution in [2.75, 3.05) is 20.1 Å². The Morgan fingerprint density at radius 3 is 2.89 bits per heavy atom. The Hall–Kier alpha value is -1.35. The number of amides is 1. The van der Waals surface area contributed by atoms with Crippen molar-refractivity contribution in [3.05, 3.63) is 34.9 Å². The zero-order valence-corrected chi connectivity index (χ0v) is 11.1. The first kappa shape index (κ1) is 13.1. The van der Waals surface area contributed by atoms with Crippen LogP contribution in [-0.4, -0.2) is 26.0 Å². The van der Waals surface area contributed by atoms with Gasteiger partial charge in [0, 0.05) is 19.5 Å². The number of hydrogen-bond donors (Lipinski definition) is 2. The van der Waals surface area contributed by atoms with Gasteiger partial charge in [0.15, 0.2) is 0 Å². The second-order valence-electron chi connectivity index (χ2n) is 4.91. The van der Waals surface area contributed by atoms with E-state index in [4.69, 9.17) is 0 Å². The smallest absolute Gasteiger partial charge is 0.221 e. The van der Waals surface area contributed by atoms with E-state index in [0.29, 0.717) is 6.42 Å². The summed E-state index contributed by atoms with van der Waals surface area (Å²) in [7, 11) is 1.86. The third kappa shape index (κ3) is 3.57. The Bertz CT molecular complexity index is 415. The third-order valence-corrected chi connectivity index (χ3v) is 3.50. The van der Waals surface area contributed by atoms with Crippen LogP contribution in [0.3, 0.4) is 0 Å². The number of carbonyl (C=O) groups is 1. The van der Waals surface area contributed by atoms with Gasteiger partial charge >= 0.3 is 0 Å². The van der Waals surface area contributed by atoms with E-state index in [0.717, 1.165) is 19.5 Å². The lowest BCUT2D eigenvalue weighted by atomic mass is 10.0. The molecule has 0 radical (unpaired) electrons. The van der Waals surface area contributed by atoms with Crippen LogP contribution in [0.25, 0.3) is 0 Å². The molecule has 98 valence electrons. The lowest BCUT2D eigenvalue weighted by Crippen LogP contribution is -2.28. The van der Waals surface area contributed by atoms with Crippen molar-refractivity contribution in [1.82, 2.24) is 10.6 Å². The lowest BCUT2D eigenvalue weighted by molar-refractivity contribution is -0.120. The predicted molar refractivity (Wildman–Crippen MR) is 73.7 cm³/mol. The second kappa shape index (κ2) is 6.55. The maximum Gasteiger partial charge on any atom is 0.221 e. The molecule has 0 bridgehead atoms. The van der Waals surface area contributed by atoms with Gasteiger partial charge in [-0.15, -0.1) is 0 Å². The summed E-state index contributed by atoms with van der Waals surface area (Å²) >= 11 is 0. The molecule has 1 aliphatic carbocycles. The first-order valence-corrected chi connectivity index (χ1v) is 6.81. The monoisotopic (exact) mass is 246 g/mol. The maximum absolute atomic E-state index is 11.4. The van der Waals surface area contributed by atoms with Crippen molar-refractivity contribution in [3.63, 3.8) is 0 Å². The van der Waals surface area contributed by atoms with E-state index in [1.54, 1.807) is 0 Å². The molecule has 0 spiro atoms. The minimum atomic E-state index is 0.130. The molecule has 1 amide bonds. The van der Waals surface area contributed by atoms with Gasteiger partial charge in [-0.2, -0.15) is 0 Å². The van der Waals surface area contributed by atoms with Crippen LogP contribution in [0.5, 0.6) is 0 Å². The number of fused-ring (bicyclic) bond motifs is 1. The van der Waals surface area contributed by atoms with Gasteiger partial charge in [-0.25, -0.2) is 0 Å². The minimum absolute atomic E-state index is 0.130. The zero-order chi connectivity index (χ0) is 12.8. The van der Waals surface area contributed by atoms with Crippen molar-refractivity contribution in [1.29, 1.82) is 0 Å². The number of rotatable bonds is 6. The highest BCUT2D eigenvalue weighted by molar-refractivity contribution is 5.76. The second-order valence-corrected chi connectivity index (χ2v) is 4.91. The molecule has 18 heavy (non-hydrogen) atoms. The van der Waals surface area contributed by atoms with Gasteiger partial charge in [-0.3, -0.25) is 4.79 Å². The van der Waals surface area contributed by atoms with E-state index < -0.39 is 0 Å². The highest BCUT2D eigenvalue weighted by Crippen LogP contribution is 2.22. The Morgan fingerprint density at radius 2 is 2.06 bits per heavy atom. The molecule has 0 aromatic heterocycles. The normalized spacial score (nSPS) is 13.4. The van der Waals surface area contributed by atoms with E-state index >= 15 is 0 Å². The van der Waals surface area contributed by atoms with Crippen molar-refractivity contribution in [3.8, 4) is 0 Å². The van der Waals surface area contributed by atoms with Crippen LogP contribution < -0.4 is 10.6 Å². The fraction of sp³-hybridized carbons (Fsp3) is 0.533. The summed E-state index contributed by atoms with van der Waals surface area (Å²) in [5.41, 5.74) is 4.36. The minimum Gasteiger partial charge on any atom is -0.356 e. The highest BCUT2D eigenvalue weighted by atomic mass is 16.1. The van der Waals surface area contributed by atoms with Crippen LogP contribution in [0.2, 0.25) is 0 Å². The van der Waals surface area contributed by atoms with Crippen molar-refractivity contribution in [2.45, 2.75) is 32.1 Å². The Balaban J connectivity index is 1.75. The fourth-order valence-electron chi connectivity index (χ4n) is 2.45. The molecule has 3 heteroatoms. The molecule has 2 N–H and O–H groups in total. The number of carbonyl (C=O) groups excluding carboxylic acids is 1. The summed E-state index contributed by atoms with van der Waals surface area (Å²) in [6.07, 6.45) is 5.23. The molecule has 0 aliphatic heterocycles. The van der Waals surface area contributed by atoms with Crippen molar-refractivity contribution < 1.29 is 4.79 Å². The molecular formula is C15H22N2O. The first-order valence-electron chi connectivity index (χ1n) is 6.81. The quantitative estimate of drug-likeness (QED) is 0.797. The molecule has 0 saturated carbocycles. The van der Waals surface area contributed by atoms with E-state index in [9.17, 15) is 4.79 Å². The molecular weight excluding hydrogens is 224 g/mol. The van der Waals surface area contributed by atoms with Crippen LogP contribution in [0.15, 0.2) is 18.2 Å². The Morgan fingerprint density at radius 1 is 1.22 bits per heavy atom. The van der Waals surface area contributed by atoms with Crippen molar-refractivity contribution >= 4 is 5.91 Å². The fourth-order valence-corrected chi connectivity index (χ4v) is 2.45. The Labute approximate surface area is 109 Å². The van der Waals surface area contributed by atoms with Gasteiger partial charge in [0.25, 0.3) is 0 Å². The van der Waals surface area contributed by atoms with E-state index in [-0.39, 0.29) is 5.91 Å². The van der Waals surface area contributed by atoms with Gasteiger partial charge in [-0.05, 0) is 49.4 Å².